The lowest BCUT2D eigenvalue weighted by Crippen LogP contribution is -2.30. The number of aliphatic hydroxyl groups excluding tert-OH is 1. The van der Waals surface area contributed by atoms with E-state index in [-0.39, 0.29) is 0 Å². The van der Waals surface area contributed by atoms with Gasteiger partial charge in [0.1, 0.15) is 0 Å². The highest BCUT2D eigenvalue weighted by atomic mass is 35.5. The lowest BCUT2D eigenvalue weighted by atomic mass is 10.2. The summed E-state index contributed by atoms with van der Waals surface area (Å²) in [5.74, 6) is 0. The minimum absolute atomic E-state index is 0.311. The van der Waals surface area contributed by atoms with E-state index in [0.717, 1.165) is 10.6 Å². The van der Waals surface area contributed by atoms with Gasteiger partial charge in [-0.15, -0.1) is 0 Å². The van der Waals surface area contributed by atoms with Crippen molar-refractivity contribution in [2.45, 2.75) is 12.6 Å². The second-order valence-corrected chi connectivity index (χ2v) is 4.42. The molecule has 1 aromatic carbocycles. The molecule has 18 heavy (non-hydrogen) atoms. The molecule has 0 saturated heterocycles. The van der Waals surface area contributed by atoms with E-state index in [1.807, 2.05) is 24.3 Å². The van der Waals surface area contributed by atoms with Crippen LogP contribution in [0.15, 0.2) is 24.3 Å². The van der Waals surface area contributed by atoms with Gasteiger partial charge in [0.25, 0.3) is 0 Å². The molecule has 102 valence electrons. The summed E-state index contributed by atoms with van der Waals surface area (Å²) in [5.41, 5.74) is 1.09. The molecular weight excluding hydrogens is 254 g/mol. The van der Waals surface area contributed by atoms with Crippen molar-refractivity contribution >= 4 is 11.6 Å². The Morgan fingerprint density at radius 2 is 2.22 bits per heavy atom. The van der Waals surface area contributed by atoms with Gasteiger partial charge in [-0.2, -0.15) is 0 Å². The maximum Gasteiger partial charge on any atom is 0.0897 e. The molecule has 0 amide bonds. The van der Waals surface area contributed by atoms with Crippen LogP contribution in [-0.2, 0) is 16.0 Å². The van der Waals surface area contributed by atoms with E-state index in [1.54, 1.807) is 7.11 Å². The SMILES string of the molecule is COCCOCC(O)CNCc1cccc(Cl)c1. The van der Waals surface area contributed by atoms with Crippen LogP contribution in [0.4, 0.5) is 0 Å². The molecular formula is C13H20ClNO3. The van der Waals surface area contributed by atoms with E-state index < -0.39 is 6.10 Å². The molecule has 5 heteroatoms. The fraction of sp³-hybridized carbons (Fsp3) is 0.538. The van der Waals surface area contributed by atoms with Gasteiger partial charge in [-0.25, -0.2) is 0 Å². The maximum absolute atomic E-state index is 9.63. The smallest absolute Gasteiger partial charge is 0.0897 e. The Hall–Kier alpha value is -0.650. The first kappa shape index (κ1) is 15.4. The van der Waals surface area contributed by atoms with Crippen molar-refractivity contribution in [1.29, 1.82) is 0 Å². The third-order valence-corrected chi connectivity index (χ3v) is 2.58. The molecule has 4 nitrogen and oxygen atoms in total. The molecule has 0 fully saturated rings. The molecule has 0 radical (unpaired) electrons. The monoisotopic (exact) mass is 273 g/mol. The maximum atomic E-state index is 9.63. The van der Waals surface area contributed by atoms with Crippen molar-refractivity contribution in [3.8, 4) is 0 Å². The van der Waals surface area contributed by atoms with Gasteiger partial charge in [-0.05, 0) is 17.7 Å². The molecule has 0 bridgehead atoms. The average Bonchev–Trinajstić information content (AvgIpc) is 2.35. The third-order valence-electron chi connectivity index (χ3n) is 2.34. The lowest BCUT2D eigenvalue weighted by molar-refractivity contribution is 0.0137. The van der Waals surface area contributed by atoms with Crippen LogP contribution in [0.5, 0.6) is 0 Å². The van der Waals surface area contributed by atoms with E-state index in [2.05, 4.69) is 5.32 Å². The van der Waals surface area contributed by atoms with Crippen molar-refractivity contribution in [2.24, 2.45) is 0 Å². The fourth-order valence-corrected chi connectivity index (χ4v) is 1.66. The van der Waals surface area contributed by atoms with E-state index in [9.17, 15) is 5.11 Å². The Bertz CT molecular complexity index is 336. The van der Waals surface area contributed by atoms with Crippen LogP contribution < -0.4 is 5.32 Å². The molecule has 2 N–H and O–H groups in total. The summed E-state index contributed by atoms with van der Waals surface area (Å²) in [6.45, 7) is 2.52. The second kappa shape index (κ2) is 9.30. The first-order valence-corrected chi connectivity index (χ1v) is 6.30. The van der Waals surface area contributed by atoms with Gasteiger partial charge in [-0.3, -0.25) is 0 Å². The third kappa shape index (κ3) is 6.93. The van der Waals surface area contributed by atoms with Crippen molar-refractivity contribution in [1.82, 2.24) is 5.32 Å². The van der Waals surface area contributed by atoms with Crippen molar-refractivity contribution in [3.63, 3.8) is 0 Å². The minimum Gasteiger partial charge on any atom is -0.389 e. The number of rotatable bonds is 9. The normalized spacial score (nSPS) is 12.6. The molecule has 0 aliphatic rings. The van der Waals surface area contributed by atoms with Crippen LogP contribution in [0.3, 0.4) is 0 Å². The van der Waals surface area contributed by atoms with Crippen molar-refractivity contribution in [3.05, 3.63) is 34.9 Å². The van der Waals surface area contributed by atoms with Gasteiger partial charge in [0, 0.05) is 25.2 Å². The Morgan fingerprint density at radius 3 is 2.94 bits per heavy atom. The molecule has 0 aliphatic heterocycles. The standard InChI is InChI=1S/C13H20ClNO3/c1-17-5-6-18-10-13(16)9-15-8-11-3-2-4-12(14)7-11/h2-4,7,13,15-16H,5-6,8-10H2,1H3. The van der Waals surface area contributed by atoms with Gasteiger partial charge < -0.3 is 19.9 Å². The molecule has 1 unspecified atom stereocenters. The summed E-state index contributed by atoms with van der Waals surface area (Å²) >= 11 is 5.88. The van der Waals surface area contributed by atoms with Gasteiger partial charge in [0.05, 0.1) is 25.9 Å². The molecule has 1 rings (SSSR count). The number of benzene rings is 1. The molecule has 0 aromatic heterocycles. The topological polar surface area (TPSA) is 50.7 Å². The second-order valence-electron chi connectivity index (χ2n) is 3.98. The fourth-order valence-electron chi connectivity index (χ4n) is 1.45. The zero-order chi connectivity index (χ0) is 13.2. The zero-order valence-corrected chi connectivity index (χ0v) is 11.3. The number of ether oxygens (including phenoxy) is 2. The van der Waals surface area contributed by atoms with Gasteiger partial charge >= 0.3 is 0 Å². The number of halogens is 1. The first-order valence-electron chi connectivity index (χ1n) is 5.92. The Balaban J connectivity index is 2.09. The quantitative estimate of drug-likeness (QED) is 0.669. The number of methoxy groups -OCH3 is 1. The summed E-state index contributed by atoms with van der Waals surface area (Å²) in [5, 5.41) is 13.5. The van der Waals surface area contributed by atoms with Crippen LogP contribution in [0, 0.1) is 0 Å². The summed E-state index contributed by atoms with van der Waals surface area (Å²) in [6.07, 6.45) is -0.513. The van der Waals surface area contributed by atoms with Gasteiger partial charge in [0.2, 0.25) is 0 Å². The summed E-state index contributed by atoms with van der Waals surface area (Å²) < 4.78 is 10.1. The van der Waals surface area contributed by atoms with Gasteiger partial charge in [0.15, 0.2) is 0 Å². The summed E-state index contributed by atoms with van der Waals surface area (Å²) in [6, 6.07) is 7.63. The van der Waals surface area contributed by atoms with E-state index >= 15 is 0 Å². The zero-order valence-electron chi connectivity index (χ0n) is 10.6. The average molecular weight is 274 g/mol. The largest absolute Gasteiger partial charge is 0.389 e. The van der Waals surface area contributed by atoms with E-state index in [1.165, 1.54) is 0 Å². The van der Waals surface area contributed by atoms with E-state index in [0.29, 0.717) is 32.9 Å². The predicted molar refractivity (Wildman–Crippen MR) is 71.9 cm³/mol. The van der Waals surface area contributed by atoms with Crippen LogP contribution in [-0.4, -0.2) is 44.7 Å². The Kier molecular flexibility index (Phi) is 7.96. The molecule has 0 heterocycles. The van der Waals surface area contributed by atoms with Crippen LogP contribution in [0.2, 0.25) is 5.02 Å². The number of aliphatic hydroxyl groups is 1. The van der Waals surface area contributed by atoms with Crippen molar-refractivity contribution < 1.29 is 14.6 Å². The van der Waals surface area contributed by atoms with Crippen LogP contribution in [0.25, 0.3) is 0 Å². The van der Waals surface area contributed by atoms with Crippen molar-refractivity contribution in [2.75, 3.05) is 33.5 Å². The molecule has 1 aromatic rings. The lowest BCUT2D eigenvalue weighted by Gasteiger charge is -2.12. The van der Waals surface area contributed by atoms with Gasteiger partial charge in [-0.1, -0.05) is 23.7 Å². The number of hydrogen-bond donors (Lipinski definition) is 2. The molecule has 1 atom stereocenters. The van der Waals surface area contributed by atoms with Crippen LogP contribution >= 0.6 is 11.6 Å². The molecule has 0 saturated carbocycles. The Morgan fingerprint density at radius 1 is 1.39 bits per heavy atom. The highest BCUT2D eigenvalue weighted by Crippen LogP contribution is 2.10. The van der Waals surface area contributed by atoms with Crippen LogP contribution in [0.1, 0.15) is 5.56 Å². The molecule has 0 spiro atoms. The number of nitrogens with one attached hydrogen (secondary N) is 1. The van der Waals surface area contributed by atoms with E-state index in [4.69, 9.17) is 21.1 Å². The highest BCUT2D eigenvalue weighted by Gasteiger charge is 2.03. The minimum atomic E-state index is -0.513. The summed E-state index contributed by atoms with van der Waals surface area (Å²) in [7, 11) is 1.62. The molecule has 0 aliphatic carbocycles. The highest BCUT2D eigenvalue weighted by molar-refractivity contribution is 6.30. The number of hydrogen-bond acceptors (Lipinski definition) is 4. The predicted octanol–water partition coefficient (Wildman–Crippen LogP) is 1.45. The first-order chi connectivity index (χ1) is 8.72. The summed E-state index contributed by atoms with van der Waals surface area (Å²) in [4.78, 5) is 0. The Labute approximate surface area is 113 Å².